The van der Waals surface area contributed by atoms with Crippen molar-refractivity contribution in [2.45, 2.75) is 33.2 Å². The molecule has 0 spiro atoms. The molecule has 92 valence electrons. The highest BCUT2D eigenvalue weighted by molar-refractivity contribution is 9.10. The Hall–Kier alpha value is -0.850. The zero-order valence-electron chi connectivity index (χ0n) is 10.6. The summed E-state index contributed by atoms with van der Waals surface area (Å²) < 4.78 is 1.10. The Bertz CT molecular complexity index is 390. The molecule has 0 unspecified atom stereocenters. The molecular weight excluding hydrogens is 276 g/mol. The monoisotopic (exact) mass is 294 g/mol. The lowest BCUT2D eigenvalue weighted by atomic mass is 9.91. The van der Waals surface area contributed by atoms with Crippen molar-refractivity contribution in [1.29, 1.82) is 5.26 Å². The van der Waals surface area contributed by atoms with E-state index in [9.17, 15) is 0 Å². The summed E-state index contributed by atoms with van der Waals surface area (Å²) in [5.41, 5.74) is 1.02. The fourth-order valence-electron chi connectivity index (χ4n) is 1.53. The minimum Gasteiger partial charge on any atom is -0.310 e. The highest BCUT2D eigenvalue weighted by atomic mass is 79.9. The van der Waals surface area contributed by atoms with Gasteiger partial charge in [-0.15, -0.1) is 0 Å². The van der Waals surface area contributed by atoms with Gasteiger partial charge >= 0.3 is 0 Å². The van der Waals surface area contributed by atoms with Gasteiger partial charge in [-0.2, -0.15) is 5.26 Å². The molecule has 0 fully saturated rings. The van der Waals surface area contributed by atoms with Gasteiger partial charge in [0.2, 0.25) is 0 Å². The van der Waals surface area contributed by atoms with E-state index in [0.717, 1.165) is 17.4 Å². The summed E-state index contributed by atoms with van der Waals surface area (Å²) in [6.07, 6.45) is 0.865. The Morgan fingerprint density at radius 3 is 2.47 bits per heavy atom. The Morgan fingerprint density at radius 2 is 1.94 bits per heavy atom. The minimum atomic E-state index is -0.244. The first-order valence-electron chi connectivity index (χ1n) is 5.85. The van der Waals surface area contributed by atoms with Gasteiger partial charge in [0.05, 0.1) is 11.5 Å². The summed E-state index contributed by atoms with van der Waals surface area (Å²) >= 11 is 3.43. The summed E-state index contributed by atoms with van der Waals surface area (Å²) in [6, 6.07) is 10.9. The lowest BCUT2D eigenvalue weighted by molar-refractivity contribution is 0.416. The van der Waals surface area contributed by atoms with Gasteiger partial charge in [-0.05, 0) is 51.4 Å². The lowest BCUT2D eigenvalue weighted by Gasteiger charge is -2.19. The second-order valence-corrected chi connectivity index (χ2v) is 5.89. The number of hydrogen-bond acceptors (Lipinski definition) is 2. The fraction of sp³-hybridized carbons (Fsp3) is 0.500. The molecule has 0 heterocycles. The van der Waals surface area contributed by atoms with Crippen LogP contribution in [-0.4, -0.2) is 6.54 Å². The van der Waals surface area contributed by atoms with Crippen LogP contribution in [0.15, 0.2) is 28.7 Å². The van der Waals surface area contributed by atoms with Crippen LogP contribution in [0, 0.1) is 16.7 Å². The van der Waals surface area contributed by atoms with E-state index in [1.165, 1.54) is 5.56 Å². The maximum atomic E-state index is 8.92. The number of hydrogen-bond donors (Lipinski definition) is 1. The Morgan fingerprint density at radius 1 is 1.35 bits per heavy atom. The zero-order valence-corrected chi connectivity index (χ0v) is 12.2. The van der Waals surface area contributed by atoms with Crippen LogP contribution in [-0.2, 0) is 0 Å². The summed E-state index contributed by atoms with van der Waals surface area (Å²) in [5, 5.41) is 12.4. The van der Waals surface area contributed by atoms with Crippen molar-refractivity contribution in [2.24, 2.45) is 5.41 Å². The predicted molar refractivity (Wildman–Crippen MR) is 74.6 cm³/mol. The molecule has 0 bridgehead atoms. The molecule has 0 saturated heterocycles. The van der Waals surface area contributed by atoms with Gasteiger partial charge in [0.25, 0.3) is 0 Å². The first-order chi connectivity index (χ1) is 7.94. The molecule has 1 aromatic carbocycles. The summed E-state index contributed by atoms with van der Waals surface area (Å²) in [4.78, 5) is 0. The van der Waals surface area contributed by atoms with Crippen molar-refractivity contribution in [1.82, 2.24) is 5.32 Å². The molecule has 1 atom stereocenters. The standard InChI is InChI=1S/C14H19BrN2/c1-11(12-4-6-13(15)7-5-12)17-9-8-14(2,3)10-16/h4-7,11,17H,8-9H2,1-3H3/t11-/m1/s1. The van der Waals surface area contributed by atoms with Gasteiger partial charge in [-0.1, -0.05) is 28.1 Å². The molecule has 1 aromatic rings. The van der Waals surface area contributed by atoms with Gasteiger partial charge in [0, 0.05) is 10.5 Å². The summed E-state index contributed by atoms with van der Waals surface area (Å²) in [7, 11) is 0. The molecule has 1 rings (SSSR count). The first kappa shape index (κ1) is 14.2. The Balaban J connectivity index is 2.43. The van der Waals surface area contributed by atoms with E-state index in [0.29, 0.717) is 6.04 Å². The third kappa shape index (κ3) is 4.89. The second kappa shape index (κ2) is 6.18. The Labute approximate surface area is 112 Å². The summed E-state index contributed by atoms with van der Waals surface area (Å²) in [6.45, 7) is 6.94. The smallest absolute Gasteiger partial charge is 0.0684 e. The van der Waals surface area contributed by atoms with Crippen molar-refractivity contribution in [3.05, 3.63) is 34.3 Å². The van der Waals surface area contributed by atoms with Crippen molar-refractivity contribution in [3.8, 4) is 6.07 Å². The van der Waals surface area contributed by atoms with Crippen LogP contribution in [0.25, 0.3) is 0 Å². The lowest BCUT2D eigenvalue weighted by Crippen LogP contribution is -2.24. The first-order valence-corrected chi connectivity index (χ1v) is 6.64. The second-order valence-electron chi connectivity index (χ2n) is 4.97. The Kier molecular flexibility index (Phi) is 5.17. The molecule has 0 aliphatic carbocycles. The number of benzene rings is 1. The van der Waals surface area contributed by atoms with E-state index in [2.05, 4.69) is 46.4 Å². The SMILES string of the molecule is C[C@@H](NCCC(C)(C)C#N)c1ccc(Br)cc1. The quantitative estimate of drug-likeness (QED) is 0.890. The van der Waals surface area contributed by atoms with Crippen LogP contribution in [0.1, 0.15) is 38.8 Å². The largest absolute Gasteiger partial charge is 0.310 e. The highest BCUT2D eigenvalue weighted by Crippen LogP contribution is 2.19. The molecule has 0 aliphatic heterocycles. The van der Waals surface area contributed by atoms with E-state index >= 15 is 0 Å². The average Bonchev–Trinajstić information content (AvgIpc) is 2.29. The van der Waals surface area contributed by atoms with Gasteiger partial charge < -0.3 is 5.32 Å². The van der Waals surface area contributed by atoms with Crippen molar-refractivity contribution in [2.75, 3.05) is 6.54 Å². The fourth-order valence-corrected chi connectivity index (χ4v) is 1.79. The molecule has 17 heavy (non-hydrogen) atoms. The van der Waals surface area contributed by atoms with Crippen LogP contribution in [0.2, 0.25) is 0 Å². The normalized spacial score (nSPS) is 13.1. The third-order valence-electron chi connectivity index (χ3n) is 2.87. The number of nitriles is 1. The van der Waals surface area contributed by atoms with Gasteiger partial charge in [-0.3, -0.25) is 0 Å². The van der Waals surface area contributed by atoms with Crippen LogP contribution in [0.4, 0.5) is 0 Å². The van der Waals surface area contributed by atoms with Crippen molar-refractivity contribution < 1.29 is 0 Å². The van der Waals surface area contributed by atoms with Crippen molar-refractivity contribution in [3.63, 3.8) is 0 Å². The van der Waals surface area contributed by atoms with Crippen LogP contribution >= 0.6 is 15.9 Å². The third-order valence-corrected chi connectivity index (χ3v) is 3.40. The van der Waals surface area contributed by atoms with Crippen LogP contribution in [0.5, 0.6) is 0 Å². The predicted octanol–water partition coefficient (Wildman–Crippen LogP) is 4.04. The summed E-state index contributed by atoms with van der Waals surface area (Å²) in [5.74, 6) is 0. The molecule has 0 amide bonds. The van der Waals surface area contributed by atoms with Crippen LogP contribution < -0.4 is 5.32 Å². The van der Waals surface area contributed by atoms with E-state index in [4.69, 9.17) is 5.26 Å². The number of halogens is 1. The maximum absolute atomic E-state index is 8.92. The van der Waals surface area contributed by atoms with Crippen molar-refractivity contribution >= 4 is 15.9 Å². The van der Waals surface area contributed by atoms with Gasteiger partial charge in [-0.25, -0.2) is 0 Å². The number of nitrogens with one attached hydrogen (secondary N) is 1. The molecule has 0 saturated carbocycles. The average molecular weight is 295 g/mol. The van der Waals surface area contributed by atoms with Crippen LogP contribution in [0.3, 0.4) is 0 Å². The number of rotatable bonds is 5. The minimum absolute atomic E-state index is 0.244. The molecule has 2 nitrogen and oxygen atoms in total. The zero-order chi connectivity index (χ0) is 12.9. The molecule has 3 heteroatoms. The van der Waals surface area contributed by atoms with E-state index < -0.39 is 0 Å². The maximum Gasteiger partial charge on any atom is 0.0684 e. The van der Waals surface area contributed by atoms with E-state index in [1.807, 2.05) is 26.0 Å². The van der Waals surface area contributed by atoms with E-state index in [-0.39, 0.29) is 5.41 Å². The van der Waals surface area contributed by atoms with Gasteiger partial charge in [0.1, 0.15) is 0 Å². The molecule has 0 aliphatic rings. The van der Waals surface area contributed by atoms with E-state index in [1.54, 1.807) is 0 Å². The number of nitrogens with zero attached hydrogens (tertiary/aromatic N) is 1. The molecule has 1 N–H and O–H groups in total. The van der Waals surface area contributed by atoms with Gasteiger partial charge in [0.15, 0.2) is 0 Å². The molecule has 0 aromatic heterocycles. The highest BCUT2D eigenvalue weighted by Gasteiger charge is 2.16. The molecule has 0 radical (unpaired) electrons. The molecular formula is C14H19BrN2. The topological polar surface area (TPSA) is 35.8 Å².